The summed E-state index contributed by atoms with van der Waals surface area (Å²) in [6, 6.07) is 14.7. The van der Waals surface area contributed by atoms with Crippen LogP contribution in [-0.2, 0) is 26.2 Å². The Bertz CT molecular complexity index is 924. The number of anilines is 2. The minimum atomic E-state index is 0.146. The van der Waals surface area contributed by atoms with E-state index in [0.717, 1.165) is 37.0 Å². The van der Waals surface area contributed by atoms with Crippen molar-refractivity contribution in [3.8, 4) is 0 Å². The van der Waals surface area contributed by atoms with E-state index in [0.29, 0.717) is 12.1 Å². The van der Waals surface area contributed by atoms with Crippen molar-refractivity contribution >= 4 is 43.2 Å². The number of benzene rings is 2. The van der Waals surface area contributed by atoms with Crippen molar-refractivity contribution in [2.24, 2.45) is 0 Å². The second kappa shape index (κ2) is 9.54. The summed E-state index contributed by atoms with van der Waals surface area (Å²) in [6.45, 7) is 17.5. The zero-order chi connectivity index (χ0) is 24.0. The first-order chi connectivity index (χ1) is 15.6. The van der Waals surface area contributed by atoms with Crippen molar-refractivity contribution in [1.82, 2.24) is 0 Å². The summed E-state index contributed by atoms with van der Waals surface area (Å²) in [4.78, 5) is 5.08. The second-order valence-electron chi connectivity index (χ2n) is 10.8. The van der Waals surface area contributed by atoms with Gasteiger partial charge in [-0.05, 0) is 48.2 Å². The Balaban J connectivity index is 1.38. The molecule has 2 aliphatic heterocycles. The van der Waals surface area contributed by atoms with Crippen LogP contribution in [0.4, 0.5) is 11.4 Å². The molecule has 0 saturated heterocycles. The molecule has 0 spiro atoms. The molecule has 2 aliphatic rings. The van der Waals surface area contributed by atoms with Crippen molar-refractivity contribution < 1.29 is 4.74 Å². The molecule has 2 heterocycles. The molecule has 0 fully saturated rings. The molecule has 3 nitrogen and oxygen atoms in total. The van der Waals surface area contributed by atoms with E-state index in [1.807, 2.05) is 0 Å². The molecule has 180 valence electrons. The van der Waals surface area contributed by atoms with Crippen molar-refractivity contribution in [3.63, 3.8) is 0 Å². The standard InChI is InChI=1S/C28H38Br2N2O/c1-19-27(3,4)23-9-7-21(17-29)15-25(23)31(19)11-13-33-14-12-32-20(2)28(5,6)24-10-8-22(18-30)16-26(24)32/h7-10,15-16,19-20H,11-14,17-18H2,1-6H3/t19-,20+. The van der Waals surface area contributed by atoms with Gasteiger partial charge in [0.25, 0.3) is 0 Å². The number of nitrogens with zero attached hydrogens (tertiary/aromatic N) is 2. The molecule has 0 saturated carbocycles. The lowest BCUT2D eigenvalue weighted by molar-refractivity contribution is 0.142. The lowest BCUT2D eigenvalue weighted by Gasteiger charge is -2.32. The Labute approximate surface area is 217 Å². The van der Waals surface area contributed by atoms with Crippen molar-refractivity contribution in [2.75, 3.05) is 36.1 Å². The van der Waals surface area contributed by atoms with Crippen molar-refractivity contribution in [3.05, 3.63) is 58.7 Å². The second-order valence-corrected chi connectivity index (χ2v) is 11.9. The van der Waals surface area contributed by atoms with Crippen molar-refractivity contribution in [1.29, 1.82) is 0 Å². The van der Waals surface area contributed by atoms with Gasteiger partial charge in [0.15, 0.2) is 0 Å². The maximum Gasteiger partial charge on any atom is 0.0642 e. The van der Waals surface area contributed by atoms with Gasteiger partial charge in [0, 0.05) is 58.0 Å². The monoisotopic (exact) mass is 576 g/mol. The highest BCUT2D eigenvalue weighted by Crippen LogP contribution is 2.46. The fraction of sp³-hybridized carbons (Fsp3) is 0.571. The van der Waals surface area contributed by atoms with Gasteiger partial charge in [-0.15, -0.1) is 0 Å². The van der Waals surface area contributed by atoms with Gasteiger partial charge in [0.05, 0.1) is 13.2 Å². The third-order valence-corrected chi connectivity index (χ3v) is 9.71. The third-order valence-electron chi connectivity index (χ3n) is 8.42. The molecule has 0 amide bonds. The first-order valence-corrected chi connectivity index (χ1v) is 14.4. The highest BCUT2D eigenvalue weighted by Gasteiger charge is 2.42. The molecule has 0 aliphatic carbocycles. The summed E-state index contributed by atoms with van der Waals surface area (Å²) in [5.74, 6) is 0. The minimum Gasteiger partial charge on any atom is -0.378 e. The topological polar surface area (TPSA) is 15.7 Å². The molecule has 33 heavy (non-hydrogen) atoms. The van der Waals surface area contributed by atoms with Gasteiger partial charge < -0.3 is 14.5 Å². The average Bonchev–Trinajstić information content (AvgIpc) is 3.11. The fourth-order valence-electron chi connectivity index (χ4n) is 5.59. The highest BCUT2D eigenvalue weighted by atomic mass is 79.9. The maximum atomic E-state index is 6.23. The van der Waals surface area contributed by atoms with Crippen LogP contribution in [0.25, 0.3) is 0 Å². The van der Waals surface area contributed by atoms with E-state index < -0.39 is 0 Å². The molecular weight excluding hydrogens is 540 g/mol. The Morgan fingerprint density at radius 1 is 0.727 bits per heavy atom. The van der Waals surface area contributed by atoms with Crippen LogP contribution in [-0.4, -0.2) is 38.4 Å². The molecule has 2 atom stereocenters. The smallest absolute Gasteiger partial charge is 0.0642 e. The number of hydrogen-bond acceptors (Lipinski definition) is 3. The molecule has 0 radical (unpaired) electrons. The third kappa shape index (κ3) is 4.38. The van der Waals surface area contributed by atoms with Gasteiger partial charge in [-0.1, -0.05) is 83.8 Å². The van der Waals surface area contributed by atoms with Crippen molar-refractivity contribution in [2.45, 2.75) is 75.1 Å². The first-order valence-electron chi connectivity index (χ1n) is 12.1. The summed E-state index contributed by atoms with van der Waals surface area (Å²) < 4.78 is 6.23. The Morgan fingerprint density at radius 3 is 1.48 bits per heavy atom. The molecule has 2 aromatic carbocycles. The lowest BCUT2D eigenvalue weighted by Crippen LogP contribution is -2.42. The largest absolute Gasteiger partial charge is 0.378 e. The molecule has 0 bridgehead atoms. The zero-order valence-electron chi connectivity index (χ0n) is 20.9. The number of halogens is 2. The van der Waals surface area contributed by atoms with Gasteiger partial charge >= 0.3 is 0 Å². The number of alkyl halides is 2. The van der Waals surface area contributed by atoms with Gasteiger partial charge in [0.2, 0.25) is 0 Å². The van der Waals surface area contributed by atoms with Crippen LogP contribution in [0, 0.1) is 0 Å². The molecular formula is C28H38Br2N2O. The zero-order valence-corrected chi connectivity index (χ0v) is 24.1. The van der Waals surface area contributed by atoms with Crippen LogP contribution in [0.15, 0.2) is 36.4 Å². The van der Waals surface area contributed by atoms with Crippen LogP contribution < -0.4 is 9.80 Å². The van der Waals surface area contributed by atoms with Crippen LogP contribution in [0.3, 0.4) is 0 Å². The van der Waals surface area contributed by atoms with Gasteiger partial charge in [-0.25, -0.2) is 0 Å². The number of rotatable bonds is 8. The summed E-state index contributed by atoms with van der Waals surface area (Å²) in [5, 5.41) is 1.78. The van der Waals surface area contributed by atoms with E-state index in [4.69, 9.17) is 4.74 Å². The Morgan fingerprint density at radius 2 is 1.12 bits per heavy atom. The van der Waals surface area contributed by atoms with E-state index in [1.165, 1.54) is 33.6 Å². The Kier molecular flexibility index (Phi) is 7.25. The maximum absolute atomic E-state index is 6.23. The summed E-state index contributed by atoms with van der Waals surface area (Å²) in [7, 11) is 0. The quantitative estimate of drug-likeness (QED) is 0.244. The molecule has 0 unspecified atom stereocenters. The highest BCUT2D eigenvalue weighted by molar-refractivity contribution is 9.08. The van der Waals surface area contributed by atoms with Crippen LogP contribution in [0.5, 0.6) is 0 Å². The minimum absolute atomic E-state index is 0.146. The van der Waals surface area contributed by atoms with E-state index in [-0.39, 0.29) is 10.8 Å². The predicted molar refractivity (Wildman–Crippen MR) is 149 cm³/mol. The van der Waals surface area contributed by atoms with Crippen LogP contribution in [0.2, 0.25) is 0 Å². The molecule has 4 rings (SSSR count). The lowest BCUT2D eigenvalue weighted by atomic mass is 9.81. The normalized spacial score (nSPS) is 22.5. The van der Waals surface area contributed by atoms with Crippen LogP contribution in [0.1, 0.15) is 63.8 Å². The summed E-state index contributed by atoms with van der Waals surface area (Å²) in [5.41, 5.74) is 8.60. The van der Waals surface area contributed by atoms with E-state index in [2.05, 4.69) is 120 Å². The predicted octanol–water partition coefficient (Wildman–Crippen LogP) is 7.17. The first kappa shape index (κ1) is 25.1. The average molecular weight is 578 g/mol. The van der Waals surface area contributed by atoms with Gasteiger partial charge in [0.1, 0.15) is 0 Å². The number of hydrogen-bond donors (Lipinski definition) is 0. The molecule has 5 heteroatoms. The molecule has 0 aromatic heterocycles. The summed E-state index contributed by atoms with van der Waals surface area (Å²) in [6.07, 6.45) is 0. The van der Waals surface area contributed by atoms with E-state index >= 15 is 0 Å². The van der Waals surface area contributed by atoms with Gasteiger partial charge in [-0.2, -0.15) is 0 Å². The Hall–Kier alpha value is -1.04. The number of ether oxygens (including phenoxy) is 1. The van der Waals surface area contributed by atoms with Crippen LogP contribution >= 0.6 is 31.9 Å². The molecule has 2 aromatic rings. The van der Waals surface area contributed by atoms with Gasteiger partial charge in [-0.3, -0.25) is 0 Å². The van der Waals surface area contributed by atoms with E-state index in [9.17, 15) is 0 Å². The van der Waals surface area contributed by atoms with E-state index in [1.54, 1.807) is 0 Å². The summed E-state index contributed by atoms with van der Waals surface area (Å²) >= 11 is 7.24. The number of fused-ring (bicyclic) bond motifs is 2. The SMILES string of the molecule is C[C@@H]1N(CCOCCN2c3cc(CBr)ccc3C(C)(C)[C@H]2C)c2cc(CBr)ccc2C1(C)C. The molecule has 0 N–H and O–H groups in total. The fourth-order valence-corrected chi connectivity index (χ4v) is 6.29.